The van der Waals surface area contributed by atoms with Gasteiger partial charge in [-0.05, 0) is 24.6 Å². The summed E-state index contributed by atoms with van der Waals surface area (Å²) in [5, 5.41) is 3.07. The van der Waals surface area contributed by atoms with Crippen molar-refractivity contribution in [2.45, 2.75) is 6.92 Å². The van der Waals surface area contributed by atoms with E-state index in [4.69, 9.17) is 0 Å². The fourth-order valence-corrected chi connectivity index (χ4v) is 0.801. The molecule has 1 aromatic carbocycles. The van der Waals surface area contributed by atoms with Crippen molar-refractivity contribution in [3.05, 3.63) is 29.8 Å². The summed E-state index contributed by atoms with van der Waals surface area (Å²) < 4.78 is 0. The Bertz CT molecular complexity index is 203. The van der Waals surface area contributed by atoms with Gasteiger partial charge in [0.2, 0.25) is 0 Å². The van der Waals surface area contributed by atoms with E-state index >= 15 is 0 Å². The Morgan fingerprint density at radius 2 is 2.00 bits per heavy atom. The number of hydrogen-bond acceptors (Lipinski definition) is 2. The van der Waals surface area contributed by atoms with Crippen molar-refractivity contribution in [2.75, 3.05) is 12.4 Å². The molecule has 1 atom stereocenters. The Hall–Kier alpha value is -0.200. The maximum atomic E-state index is 3.44. The zero-order chi connectivity index (χ0) is 8.69. The van der Waals surface area contributed by atoms with Gasteiger partial charge in [0, 0.05) is 12.7 Å². The standard InChI is InChI=1S/C8H11N.H3PS/c1-7-4-3-5-8(6-7)9-2;1-2/h3-6,9H,1-2H3;2H,1H2. The van der Waals surface area contributed by atoms with Crippen molar-refractivity contribution in [3.63, 3.8) is 0 Å². The van der Waals surface area contributed by atoms with Crippen molar-refractivity contribution in [3.8, 4) is 0 Å². The smallest absolute Gasteiger partial charge is 0.0340 e. The minimum absolute atomic E-state index is 1.18. The monoisotopic (exact) mass is 187 g/mol. The Morgan fingerprint density at radius 1 is 1.36 bits per heavy atom. The minimum atomic E-state index is 1.18. The highest BCUT2D eigenvalue weighted by molar-refractivity contribution is 8.31. The molecule has 62 valence electrons. The third kappa shape index (κ3) is 4.28. The Morgan fingerprint density at radius 3 is 2.36 bits per heavy atom. The summed E-state index contributed by atoms with van der Waals surface area (Å²) in [6.45, 7) is 2.08. The molecule has 3 heteroatoms. The average Bonchev–Trinajstić information content (AvgIpc) is 2.08. The predicted molar refractivity (Wildman–Crippen MR) is 59.4 cm³/mol. The molecule has 0 heterocycles. The highest BCUT2D eigenvalue weighted by atomic mass is 32.7. The van der Waals surface area contributed by atoms with Crippen LogP contribution in [-0.4, -0.2) is 7.05 Å². The molecular formula is C8H14NPS. The normalized spacial score (nSPS) is 8.00. The number of aryl methyl sites for hydroxylation is 1. The minimum Gasteiger partial charge on any atom is -0.388 e. The van der Waals surface area contributed by atoms with Crippen LogP contribution in [0.15, 0.2) is 24.3 Å². The van der Waals surface area contributed by atoms with E-state index in [1.807, 2.05) is 19.2 Å². The van der Waals surface area contributed by atoms with Crippen LogP contribution in [0.2, 0.25) is 0 Å². The lowest BCUT2D eigenvalue weighted by atomic mass is 10.2. The van der Waals surface area contributed by atoms with Crippen molar-refractivity contribution in [2.24, 2.45) is 0 Å². The Kier molecular flexibility index (Phi) is 6.39. The quantitative estimate of drug-likeness (QED) is 0.509. The van der Waals surface area contributed by atoms with Gasteiger partial charge in [-0.3, -0.25) is 0 Å². The third-order valence-electron chi connectivity index (χ3n) is 1.31. The highest BCUT2D eigenvalue weighted by Crippen LogP contribution is 2.07. The van der Waals surface area contributed by atoms with Crippen LogP contribution in [0.5, 0.6) is 0 Å². The summed E-state index contributed by atoms with van der Waals surface area (Å²) in [6, 6.07) is 8.29. The molecule has 0 fully saturated rings. The molecule has 0 aliphatic rings. The van der Waals surface area contributed by atoms with Crippen LogP contribution in [0.4, 0.5) is 5.69 Å². The lowest BCUT2D eigenvalue weighted by Gasteiger charge is -1.98. The molecule has 0 spiro atoms. The largest absolute Gasteiger partial charge is 0.388 e. The van der Waals surface area contributed by atoms with E-state index in [9.17, 15) is 0 Å². The highest BCUT2D eigenvalue weighted by Gasteiger charge is 1.84. The molecule has 0 saturated heterocycles. The average molecular weight is 187 g/mol. The summed E-state index contributed by atoms with van der Waals surface area (Å²) in [7, 11) is 4.04. The van der Waals surface area contributed by atoms with Crippen LogP contribution in [0.3, 0.4) is 0 Å². The molecule has 1 aromatic rings. The van der Waals surface area contributed by atoms with Crippen molar-refractivity contribution in [1.82, 2.24) is 0 Å². The predicted octanol–water partition coefficient (Wildman–Crippen LogP) is 2.74. The molecular weight excluding hydrogens is 173 g/mol. The van der Waals surface area contributed by atoms with E-state index in [1.165, 1.54) is 11.3 Å². The summed E-state index contributed by atoms with van der Waals surface area (Å²) in [5.74, 6) is 0. The molecule has 0 radical (unpaired) electrons. The molecule has 0 saturated carbocycles. The summed E-state index contributed by atoms with van der Waals surface area (Å²) in [5.41, 5.74) is 2.47. The number of anilines is 1. The van der Waals surface area contributed by atoms with Gasteiger partial charge in [0.15, 0.2) is 0 Å². The first-order valence-corrected chi connectivity index (χ1v) is 5.40. The second-order valence-corrected chi connectivity index (χ2v) is 2.12. The van der Waals surface area contributed by atoms with Gasteiger partial charge in [0.05, 0.1) is 0 Å². The van der Waals surface area contributed by atoms with Crippen LogP contribution in [-0.2, 0) is 0 Å². The first kappa shape index (κ1) is 10.8. The summed E-state index contributed by atoms with van der Waals surface area (Å²) >= 11 is 3.44. The van der Waals surface area contributed by atoms with E-state index in [-0.39, 0.29) is 0 Å². The van der Waals surface area contributed by atoms with Crippen LogP contribution >= 0.6 is 20.7 Å². The van der Waals surface area contributed by atoms with E-state index in [0.717, 1.165) is 0 Å². The van der Waals surface area contributed by atoms with Crippen molar-refractivity contribution < 1.29 is 0 Å². The second-order valence-electron chi connectivity index (χ2n) is 2.12. The SMILES string of the molecule is CNc1cccc(C)c1.PS. The van der Waals surface area contributed by atoms with Gasteiger partial charge < -0.3 is 5.32 Å². The zero-order valence-corrected chi connectivity index (χ0v) is 8.88. The number of nitrogens with one attached hydrogen (secondary N) is 1. The van der Waals surface area contributed by atoms with Crippen molar-refractivity contribution in [1.29, 1.82) is 0 Å². The van der Waals surface area contributed by atoms with E-state index in [1.54, 1.807) is 0 Å². The van der Waals surface area contributed by atoms with Gasteiger partial charge in [-0.2, -0.15) is 12.2 Å². The number of thiol groups is 1. The molecule has 1 unspecified atom stereocenters. The van der Waals surface area contributed by atoms with E-state index in [2.05, 4.69) is 45.1 Å². The first-order valence-electron chi connectivity index (χ1n) is 3.33. The lowest BCUT2D eigenvalue weighted by molar-refractivity contribution is 1.43. The number of hydrogen-bond donors (Lipinski definition) is 2. The van der Waals surface area contributed by atoms with Gasteiger partial charge in [-0.1, -0.05) is 20.6 Å². The fraction of sp³-hybridized carbons (Fsp3) is 0.250. The molecule has 0 aliphatic carbocycles. The number of rotatable bonds is 1. The lowest BCUT2D eigenvalue weighted by Crippen LogP contribution is -1.86. The summed E-state index contributed by atoms with van der Waals surface area (Å²) in [6.07, 6.45) is 0. The van der Waals surface area contributed by atoms with Gasteiger partial charge in [0.1, 0.15) is 0 Å². The molecule has 1 rings (SSSR count). The Balaban J connectivity index is 0.000000461. The topological polar surface area (TPSA) is 12.0 Å². The fourth-order valence-electron chi connectivity index (χ4n) is 0.801. The molecule has 0 amide bonds. The molecule has 1 nitrogen and oxygen atoms in total. The Labute approximate surface area is 76.0 Å². The zero-order valence-electron chi connectivity index (χ0n) is 6.83. The maximum Gasteiger partial charge on any atom is 0.0340 e. The van der Waals surface area contributed by atoms with Crippen LogP contribution in [0.25, 0.3) is 0 Å². The number of benzene rings is 1. The first-order chi connectivity index (χ1) is 5.33. The van der Waals surface area contributed by atoms with Gasteiger partial charge in [0.25, 0.3) is 0 Å². The van der Waals surface area contributed by atoms with Crippen LogP contribution in [0.1, 0.15) is 5.56 Å². The van der Waals surface area contributed by atoms with Crippen LogP contribution in [0, 0.1) is 6.92 Å². The van der Waals surface area contributed by atoms with Gasteiger partial charge >= 0.3 is 0 Å². The van der Waals surface area contributed by atoms with E-state index in [0.29, 0.717) is 0 Å². The maximum absolute atomic E-state index is 3.44. The van der Waals surface area contributed by atoms with Crippen LogP contribution < -0.4 is 5.32 Å². The second kappa shape index (κ2) is 6.51. The van der Waals surface area contributed by atoms with Gasteiger partial charge in [-0.25, -0.2) is 0 Å². The van der Waals surface area contributed by atoms with E-state index < -0.39 is 0 Å². The molecule has 0 aromatic heterocycles. The van der Waals surface area contributed by atoms with Gasteiger partial charge in [-0.15, -0.1) is 0 Å². The van der Waals surface area contributed by atoms with Crippen molar-refractivity contribution >= 4 is 26.4 Å². The summed E-state index contributed by atoms with van der Waals surface area (Å²) in [4.78, 5) is 0. The molecule has 1 N–H and O–H groups in total. The third-order valence-corrected chi connectivity index (χ3v) is 1.31. The molecule has 0 bridgehead atoms. The molecule has 11 heavy (non-hydrogen) atoms. The molecule has 0 aliphatic heterocycles.